The number of para-hydroxylation sites is 2. The highest BCUT2D eigenvalue weighted by Crippen LogP contribution is 2.28. The molecule has 0 spiro atoms. The lowest BCUT2D eigenvalue weighted by molar-refractivity contribution is 0.405. The number of aryl methyl sites for hydroxylation is 1. The summed E-state index contributed by atoms with van der Waals surface area (Å²) in [5.41, 5.74) is 2.32. The number of anilines is 1. The molecule has 0 unspecified atom stereocenters. The van der Waals surface area contributed by atoms with Crippen LogP contribution in [0, 0.1) is 5.92 Å². The van der Waals surface area contributed by atoms with Crippen LogP contribution in [0.2, 0.25) is 0 Å². The molecule has 4 rings (SSSR count). The molecule has 2 heterocycles. The number of fused-ring (bicyclic) bond motifs is 1. The summed E-state index contributed by atoms with van der Waals surface area (Å²) < 4.78 is 2.23. The molecule has 2 aromatic rings. The first-order chi connectivity index (χ1) is 10.3. The SMILES string of the molecule is Cn1c(N2CCC(NCC3CC3)CC2)nc2ccccc21. The number of rotatable bonds is 4. The molecule has 0 bridgehead atoms. The molecule has 1 aliphatic heterocycles. The molecule has 112 valence electrons. The number of nitrogens with one attached hydrogen (secondary N) is 1. The van der Waals surface area contributed by atoms with Crippen LogP contribution in [0.4, 0.5) is 5.95 Å². The number of nitrogens with zero attached hydrogens (tertiary/aromatic N) is 3. The molecular weight excluding hydrogens is 260 g/mol. The molecule has 21 heavy (non-hydrogen) atoms. The van der Waals surface area contributed by atoms with Gasteiger partial charge < -0.3 is 14.8 Å². The maximum atomic E-state index is 4.81. The molecule has 1 saturated carbocycles. The molecule has 1 N–H and O–H groups in total. The highest BCUT2D eigenvalue weighted by atomic mass is 15.3. The molecule has 0 atom stereocenters. The summed E-state index contributed by atoms with van der Waals surface area (Å²) in [5, 5.41) is 3.74. The van der Waals surface area contributed by atoms with Gasteiger partial charge in [-0.05, 0) is 50.3 Å². The Hall–Kier alpha value is -1.55. The van der Waals surface area contributed by atoms with E-state index in [-0.39, 0.29) is 0 Å². The van der Waals surface area contributed by atoms with Crippen LogP contribution in [0.3, 0.4) is 0 Å². The Balaban J connectivity index is 1.43. The summed E-state index contributed by atoms with van der Waals surface area (Å²) in [6.45, 7) is 3.45. The number of imidazole rings is 1. The van der Waals surface area contributed by atoms with Crippen molar-refractivity contribution in [2.24, 2.45) is 13.0 Å². The number of benzene rings is 1. The molecule has 1 aromatic carbocycles. The molecule has 2 aliphatic rings. The van der Waals surface area contributed by atoms with Crippen molar-refractivity contribution in [3.05, 3.63) is 24.3 Å². The Bertz CT molecular complexity index is 621. The molecule has 4 heteroatoms. The smallest absolute Gasteiger partial charge is 0.206 e. The van der Waals surface area contributed by atoms with Gasteiger partial charge in [-0.3, -0.25) is 0 Å². The van der Waals surface area contributed by atoms with E-state index in [0.29, 0.717) is 6.04 Å². The molecule has 0 radical (unpaired) electrons. The zero-order valence-electron chi connectivity index (χ0n) is 12.8. The van der Waals surface area contributed by atoms with Gasteiger partial charge in [-0.1, -0.05) is 12.1 Å². The van der Waals surface area contributed by atoms with Crippen molar-refractivity contribution in [3.63, 3.8) is 0 Å². The normalized spacial score (nSPS) is 20.3. The van der Waals surface area contributed by atoms with Crippen molar-refractivity contribution in [2.45, 2.75) is 31.7 Å². The Morgan fingerprint density at radius 3 is 2.62 bits per heavy atom. The minimum atomic E-state index is 0.705. The first-order valence-corrected chi connectivity index (χ1v) is 8.21. The van der Waals surface area contributed by atoms with Crippen LogP contribution in [0.25, 0.3) is 11.0 Å². The Labute approximate surface area is 126 Å². The van der Waals surface area contributed by atoms with Crippen molar-refractivity contribution in [1.82, 2.24) is 14.9 Å². The van der Waals surface area contributed by atoms with Crippen LogP contribution in [0.5, 0.6) is 0 Å². The van der Waals surface area contributed by atoms with Crippen LogP contribution in [0.1, 0.15) is 25.7 Å². The predicted molar refractivity (Wildman–Crippen MR) is 86.7 cm³/mol. The van der Waals surface area contributed by atoms with Gasteiger partial charge in [0.05, 0.1) is 11.0 Å². The van der Waals surface area contributed by atoms with Gasteiger partial charge >= 0.3 is 0 Å². The third-order valence-corrected chi connectivity index (χ3v) is 4.93. The molecule has 1 saturated heterocycles. The summed E-state index contributed by atoms with van der Waals surface area (Å²) in [4.78, 5) is 7.25. The van der Waals surface area contributed by atoms with Crippen molar-refractivity contribution in [1.29, 1.82) is 0 Å². The van der Waals surface area contributed by atoms with Crippen LogP contribution in [-0.2, 0) is 7.05 Å². The second-order valence-electron chi connectivity index (χ2n) is 6.57. The predicted octanol–water partition coefficient (Wildman–Crippen LogP) is 2.54. The van der Waals surface area contributed by atoms with Crippen molar-refractivity contribution in [2.75, 3.05) is 24.5 Å². The standard InChI is InChI=1S/C17H24N4/c1-20-16-5-3-2-4-15(16)19-17(20)21-10-8-14(9-11-21)18-12-13-6-7-13/h2-5,13-14,18H,6-12H2,1H3. The lowest BCUT2D eigenvalue weighted by Gasteiger charge is -2.33. The number of piperidine rings is 1. The van der Waals surface area contributed by atoms with Crippen LogP contribution >= 0.6 is 0 Å². The number of hydrogen-bond donors (Lipinski definition) is 1. The van der Waals surface area contributed by atoms with E-state index >= 15 is 0 Å². The fourth-order valence-electron chi connectivity index (χ4n) is 3.35. The van der Waals surface area contributed by atoms with Crippen molar-refractivity contribution in [3.8, 4) is 0 Å². The van der Waals surface area contributed by atoms with Gasteiger partial charge in [0.1, 0.15) is 0 Å². The largest absolute Gasteiger partial charge is 0.342 e. The summed E-state index contributed by atoms with van der Waals surface area (Å²) in [7, 11) is 2.13. The topological polar surface area (TPSA) is 33.1 Å². The number of aromatic nitrogens is 2. The summed E-state index contributed by atoms with van der Waals surface area (Å²) in [5.74, 6) is 2.10. The minimum absolute atomic E-state index is 0.705. The first-order valence-electron chi connectivity index (χ1n) is 8.21. The van der Waals surface area contributed by atoms with Crippen LogP contribution in [0.15, 0.2) is 24.3 Å². The minimum Gasteiger partial charge on any atom is -0.342 e. The Morgan fingerprint density at radius 2 is 1.90 bits per heavy atom. The monoisotopic (exact) mass is 284 g/mol. The summed E-state index contributed by atoms with van der Waals surface area (Å²) >= 11 is 0. The highest BCUT2D eigenvalue weighted by Gasteiger charge is 2.25. The van der Waals surface area contributed by atoms with Crippen molar-refractivity contribution < 1.29 is 0 Å². The average Bonchev–Trinajstić information content (AvgIpc) is 3.30. The first kappa shape index (κ1) is 13.1. The van der Waals surface area contributed by atoms with Gasteiger partial charge in [-0.2, -0.15) is 0 Å². The average molecular weight is 284 g/mol. The quantitative estimate of drug-likeness (QED) is 0.936. The summed E-state index contributed by atoms with van der Waals surface area (Å²) in [6.07, 6.45) is 5.34. The lowest BCUT2D eigenvalue weighted by atomic mass is 10.1. The van der Waals surface area contributed by atoms with Crippen LogP contribution < -0.4 is 10.2 Å². The van der Waals surface area contributed by atoms with E-state index in [2.05, 4.69) is 46.1 Å². The van der Waals surface area contributed by atoms with Crippen molar-refractivity contribution >= 4 is 17.0 Å². The zero-order chi connectivity index (χ0) is 14.2. The van der Waals surface area contributed by atoms with Gasteiger partial charge in [-0.15, -0.1) is 0 Å². The lowest BCUT2D eigenvalue weighted by Crippen LogP contribution is -2.43. The highest BCUT2D eigenvalue weighted by molar-refractivity contribution is 5.78. The van der Waals surface area contributed by atoms with E-state index in [4.69, 9.17) is 4.98 Å². The molecule has 1 aliphatic carbocycles. The molecular formula is C17H24N4. The second kappa shape index (κ2) is 5.34. The van der Waals surface area contributed by atoms with E-state index in [1.54, 1.807) is 0 Å². The zero-order valence-corrected chi connectivity index (χ0v) is 12.8. The fraction of sp³-hybridized carbons (Fsp3) is 0.588. The van der Waals surface area contributed by atoms with Gasteiger partial charge in [0, 0.05) is 26.2 Å². The summed E-state index contributed by atoms with van der Waals surface area (Å²) in [6, 6.07) is 9.10. The molecule has 0 amide bonds. The van der Waals surface area contributed by atoms with Gasteiger partial charge in [0.25, 0.3) is 0 Å². The van der Waals surface area contributed by atoms with E-state index in [1.807, 2.05) is 0 Å². The fourth-order valence-corrected chi connectivity index (χ4v) is 3.35. The van der Waals surface area contributed by atoms with E-state index < -0.39 is 0 Å². The van der Waals surface area contributed by atoms with Gasteiger partial charge in [-0.25, -0.2) is 4.98 Å². The molecule has 4 nitrogen and oxygen atoms in total. The Kier molecular flexibility index (Phi) is 3.34. The van der Waals surface area contributed by atoms with E-state index in [9.17, 15) is 0 Å². The third kappa shape index (κ3) is 2.64. The number of hydrogen-bond acceptors (Lipinski definition) is 3. The second-order valence-corrected chi connectivity index (χ2v) is 6.57. The maximum Gasteiger partial charge on any atom is 0.206 e. The van der Waals surface area contributed by atoms with Gasteiger partial charge in [0.15, 0.2) is 0 Å². The Morgan fingerprint density at radius 1 is 1.14 bits per heavy atom. The van der Waals surface area contributed by atoms with E-state index in [1.165, 1.54) is 37.7 Å². The molecule has 2 fully saturated rings. The van der Waals surface area contributed by atoms with E-state index in [0.717, 1.165) is 30.5 Å². The van der Waals surface area contributed by atoms with Crippen LogP contribution in [-0.4, -0.2) is 35.2 Å². The third-order valence-electron chi connectivity index (χ3n) is 4.93. The van der Waals surface area contributed by atoms with Gasteiger partial charge in [0.2, 0.25) is 5.95 Å². The molecule has 1 aromatic heterocycles. The maximum absolute atomic E-state index is 4.81.